The molecule has 0 aromatic heterocycles. The predicted octanol–water partition coefficient (Wildman–Crippen LogP) is 2.90. The van der Waals surface area contributed by atoms with E-state index in [9.17, 15) is 14.7 Å². The van der Waals surface area contributed by atoms with E-state index in [0.717, 1.165) is 0 Å². The van der Waals surface area contributed by atoms with Crippen molar-refractivity contribution in [3.63, 3.8) is 0 Å². The molecule has 0 saturated heterocycles. The monoisotopic (exact) mass is 363 g/mol. The van der Waals surface area contributed by atoms with Gasteiger partial charge < -0.3 is 23.9 Å². The van der Waals surface area contributed by atoms with E-state index in [1.807, 2.05) is 20.8 Å². The van der Waals surface area contributed by atoms with Gasteiger partial charge in [0.2, 0.25) is 11.2 Å². The topological polar surface area (TPSA) is 87.0 Å². The second-order valence-corrected chi connectivity index (χ2v) is 7.14. The number of pyridine rings is 1. The maximum Gasteiger partial charge on any atom is 0.358 e. The fraction of sp³-hybridized carbons (Fsp3) is 0.474. The third kappa shape index (κ3) is 3.61. The molecule has 0 amide bonds. The molecule has 7 heteroatoms. The van der Waals surface area contributed by atoms with E-state index >= 15 is 0 Å². The van der Waals surface area contributed by atoms with Gasteiger partial charge >= 0.3 is 5.97 Å². The van der Waals surface area contributed by atoms with Crippen LogP contribution in [-0.2, 0) is 11.3 Å². The number of benzene rings is 1. The van der Waals surface area contributed by atoms with E-state index in [1.54, 1.807) is 17.7 Å². The fourth-order valence-electron chi connectivity index (χ4n) is 2.83. The lowest BCUT2D eigenvalue weighted by Crippen LogP contribution is -2.24. The summed E-state index contributed by atoms with van der Waals surface area (Å²) in [5.74, 6) is -0.740. The SMILES string of the molecule is CCOC(=O)c1c(O)c2cc(OC)c(OC)c(=O)c-2cn1CC(C)(C)C. The minimum atomic E-state index is -0.654. The molecule has 1 aliphatic heterocycles. The van der Waals surface area contributed by atoms with Gasteiger partial charge in [-0.1, -0.05) is 20.8 Å². The van der Waals surface area contributed by atoms with Gasteiger partial charge in [0.1, 0.15) is 0 Å². The molecule has 0 aromatic carbocycles. The number of carbonyl (C=O) groups is 1. The molecule has 7 nitrogen and oxygen atoms in total. The van der Waals surface area contributed by atoms with Crippen LogP contribution in [0.2, 0.25) is 0 Å². The van der Waals surface area contributed by atoms with Gasteiger partial charge in [-0.25, -0.2) is 4.79 Å². The highest BCUT2D eigenvalue weighted by atomic mass is 16.5. The second kappa shape index (κ2) is 7.27. The Morgan fingerprint density at radius 3 is 2.35 bits per heavy atom. The molecule has 0 bridgehead atoms. The predicted molar refractivity (Wildman–Crippen MR) is 97.5 cm³/mol. The lowest BCUT2D eigenvalue weighted by Gasteiger charge is -2.25. The zero-order chi connectivity index (χ0) is 19.6. The Bertz CT molecular complexity index is 847. The Morgan fingerprint density at radius 1 is 1.19 bits per heavy atom. The average molecular weight is 363 g/mol. The van der Waals surface area contributed by atoms with Crippen LogP contribution in [0.3, 0.4) is 0 Å². The number of nitrogens with zero attached hydrogens (tertiary/aromatic N) is 1. The lowest BCUT2D eigenvalue weighted by molar-refractivity contribution is 0.0506. The van der Waals surface area contributed by atoms with Crippen molar-refractivity contribution in [2.75, 3.05) is 20.8 Å². The van der Waals surface area contributed by atoms with Crippen LogP contribution in [0, 0.1) is 5.41 Å². The molecule has 1 N–H and O–H groups in total. The van der Waals surface area contributed by atoms with Crippen molar-refractivity contribution >= 4 is 5.97 Å². The van der Waals surface area contributed by atoms with Crippen LogP contribution in [0.25, 0.3) is 11.1 Å². The first-order valence-electron chi connectivity index (χ1n) is 8.32. The molecule has 1 aliphatic carbocycles. The molecule has 0 fully saturated rings. The molecule has 0 spiro atoms. The highest BCUT2D eigenvalue weighted by Crippen LogP contribution is 2.39. The van der Waals surface area contributed by atoms with E-state index in [1.165, 1.54) is 20.3 Å². The summed E-state index contributed by atoms with van der Waals surface area (Å²) >= 11 is 0. The van der Waals surface area contributed by atoms with Crippen molar-refractivity contribution in [2.24, 2.45) is 5.41 Å². The zero-order valence-electron chi connectivity index (χ0n) is 16.0. The molecular formula is C19H25NO6. The standard InChI is InChI=1S/C19H25NO6/c1-7-26-18(23)14-15(21)11-8-13(24-5)17(25-6)16(22)12(11)9-20(14)10-19(2,3)4/h8-9,21H,7,10H2,1-6H3. The van der Waals surface area contributed by atoms with Crippen molar-refractivity contribution in [1.29, 1.82) is 0 Å². The van der Waals surface area contributed by atoms with Crippen molar-refractivity contribution in [1.82, 2.24) is 4.57 Å². The maximum atomic E-state index is 12.8. The minimum absolute atomic E-state index is 0.000829. The summed E-state index contributed by atoms with van der Waals surface area (Å²) in [6.07, 6.45) is 1.55. The molecule has 0 aromatic rings. The van der Waals surface area contributed by atoms with Crippen LogP contribution in [-0.4, -0.2) is 36.5 Å². The van der Waals surface area contributed by atoms with E-state index < -0.39 is 11.4 Å². The first kappa shape index (κ1) is 19.6. The van der Waals surface area contributed by atoms with Gasteiger partial charge in [0, 0.05) is 18.3 Å². The Kier molecular flexibility index (Phi) is 5.49. The van der Waals surface area contributed by atoms with Gasteiger partial charge in [-0.3, -0.25) is 4.79 Å². The van der Waals surface area contributed by atoms with Crippen LogP contribution in [0.1, 0.15) is 38.2 Å². The molecule has 1 heterocycles. The number of aromatic nitrogens is 1. The van der Waals surface area contributed by atoms with Gasteiger partial charge in [0.05, 0.1) is 26.4 Å². The summed E-state index contributed by atoms with van der Waals surface area (Å²) in [4.78, 5) is 25.2. The largest absolute Gasteiger partial charge is 0.505 e. The normalized spacial score (nSPS) is 11.5. The van der Waals surface area contributed by atoms with E-state index in [4.69, 9.17) is 14.2 Å². The van der Waals surface area contributed by atoms with Gasteiger partial charge in [0.15, 0.2) is 17.2 Å². The van der Waals surface area contributed by atoms with Crippen molar-refractivity contribution in [3.05, 3.63) is 28.2 Å². The van der Waals surface area contributed by atoms with Gasteiger partial charge in [-0.15, -0.1) is 0 Å². The third-order valence-electron chi connectivity index (χ3n) is 3.83. The van der Waals surface area contributed by atoms with Crippen LogP contribution >= 0.6 is 0 Å². The van der Waals surface area contributed by atoms with Crippen LogP contribution in [0.5, 0.6) is 17.2 Å². The first-order valence-corrected chi connectivity index (χ1v) is 8.32. The molecule has 2 aliphatic rings. The van der Waals surface area contributed by atoms with Crippen LogP contribution < -0.4 is 14.9 Å². The van der Waals surface area contributed by atoms with Crippen molar-refractivity contribution in [2.45, 2.75) is 34.2 Å². The van der Waals surface area contributed by atoms with E-state index in [0.29, 0.717) is 6.54 Å². The summed E-state index contributed by atoms with van der Waals surface area (Å²) in [5.41, 5.74) is -0.180. The number of hydrogen-bond acceptors (Lipinski definition) is 6. The van der Waals surface area contributed by atoms with Crippen molar-refractivity contribution < 1.29 is 24.1 Å². The Balaban J connectivity index is 2.89. The molecule has 142 valence electrons. The van der Waals surface area contributed by atoms with Gasteiger partial charge in [-0.2, -0.15) is 0 Å². The lowest BCUT2D eigenvalue weighted by atomic mass is 9.95. The molecule has 26 heavy (non-hydrogen) atoms. The number of methoxy groups -OCH3 is 2. The third-order valence-corrected chi connectivity index (χ3v) is 3.83. The molecule has 2 rings (SSSR count). The number of carbonyl (C=O) groups excluding carboxylic acids is 1. The van der Waals surface area contributed by atoms with E-state index in [-0.39, 0.29) is 46.1 Å². The summed E-state index contributed by atoms with van der Waals surface area (Å²) in [7, 11) is 2.77. The molecular weight excluding hydrogens is 338 g/mol. The summed E-state index contributed by atoms with van der Waals surface area (Å²) in [5, 5.41) is 10.8. The Morgan fingerprint density at radius 2 is 1.85 bits per heavy atom. The molecule has 0 radical (unpaired) electrons. The first-order chi connectivity index (χ1) is 12.1. The minimum Gasteiger partial charge on any atom is -0.505 e. The molecule has 0 atom stereocenters. The Hall–Kier alpha value is -2.70. The second-order valence-electron chi connectivity index (χ2n) is 7.14. The summed E-state index contributed by atoms with van der Waals surface area (Å²) in [6, 6.07) is 1.48. The quantitative estimate of drug-likeness (QED) is 0.822. The van der Waals surface area contributed by atoms with Crippen LogP contribution in [0.15, 0.2) is 17.1 Å². The number of esters is 1. The number of fused-ring (bicyclic) bond motifs is 1. The number of rotatable bonds is 5. The maximum absolute atomic E-state index is 12.8. The van der Waals surface area contributed by atoms with Gasteiger partial charge in [0.25, 0.3) is 0 Å². The number of ether oxygens (including phenoxy) is 3. The highest BCUT2D eigenvalue weighted by molar-refractivity contribution is 5.94. The fourth-order valence-corrected chi connectivity index (χ4v) is 2.83. The zero-order valence-corrected chi connectivity index (χ0v) is 16.0. The molecule has 0 saturated carbocycles. The number of hydrogen-bond donors (Lipinski definition) is 1. The summed E-state index contributed by atoms with van der Waals surface area (Å²) in [6.45, 7) is 8.23. The van der Waals surface area contributed by atoms with Crippen LogP contribution in [0.4, 0.5) is 0 Å². The molecule has 0 unspecified atom stereocenters. The van der Waals surface area contributed by atoms with Gasteiger partial charge in [-0.05, 0) is 18.4 Å². The highest BCUT2D eigenvalue weighted by Gasteiger charge is 2.28. The summed E-state index contributed by atoms with van der Waals surface area (Å²) < 4.78 is 17.0. The average Bonchev–Trinajstić information content (AvgIpc) is 2.54. The van der Waals surface area contributed by atoms with Crippen molar-refractivity contribution in [3.8, 4) is 28.4 Å². The van der Waals surface area contributed by atoms with E-state index in [2.05, 4.69) is 0 Å². The Labute approximate surface area is 152 Å². The smallest absolute Gasteiger partial charge is 0.358 e. The number of aromatic hydroxyl groups is 1.